The fourth-order valence-corrected chi connectivity index (χ4v) is 1.87. The van der Waals surface area contributed by atoms with Crippen LogP contribution in [0.25, 0.3) is 0 Å². The van der Waals surface area contributed by atoms with Crippen molar-refractivity contribution < 1.29 is 4.74 Å². The summed E-state index contributed by atoms with van der Waals surface area (Å²) in [6, 6.07) is 10.0. The summed E-state index contributed by atoms with van der Waals surface area (Å²) in [5, 5.41) is 0. The lowest BCUT2D eigenvalue weighted by Gasteiger charge is -2.07. The molecule has 0 bridgehead atoms. The van der Waals surface area contributed by atoms with Crippen molar-refractivity contribution >= 4 is 5.69 Å². The molecule has 3 nitrogen and oxygen atoms in total. The Morgan fingerprint density at radius 1 is 1.17 bits per heavy atom. The molecule has 2 aromatic rings. The van der Waals surface area contributed by atoms with Gasteiger partial charge < -0.3 is 10.5 Å². The molecule has 0 atom stereocenters. The first kappa shape index (κ1) is 12.4. The zero-order chi connectivity index (χ0) is 13.0. The Morgan fingerprint density at radius 3 is 2.50 bits per heavy atom. The molecule has 0 aliphatic heterocycles. The van der Waals surface area contributed by atoms with Gasteiger partial charge in [0.25, 0.3) is 0 Å². The normalized spacial score (nSPS) is 10.3. The fourth-order valence-electron chi connectivity index (χ4n) is 1.87. The van der Waals surface area contributed by atoms with Gasteiger partial charge in [0.05, 0.1) is 12.8 Å². The first-order valence-corrected chi connectivity index (χ1v) is 6.09. The van der Waals surface area contributed by atoms with E-state index < -0.39 is 0 Å². The van der Waals surface area contributed by atoms with Crippen LogP contribution in [0.15, 0.2) is 36.5 Å². The monoisotopic (exact) mass is 242 g/mol. The highest BCUT2D eigenvalue weighted by molar-refractivity contribution is 5.54. The lowest BCUT2D eigenvalue weighted by atomic mass is 10.1. The number of anilines is 1. The van der Waals surface area contributed by atoms with Crippen LogP contribution in [-0.4, -0.2) is 12.1 Å². The average molecular weight is 242 g/mol. The second-order valence-electron chi connectivity index (χ2n) is 4.26. The molecule has 2 rings (SSSR count). The maximum absolute atomic E-state index is 5.89. The third kappa shape index (κ3) is 2.80. The Balaban J connectivity index is 2.15. The molecule has 1 aromatic heterocycles. The van der Waals surface area contributed by atoms with Gasteiger partial charge >= 0.3 is 0 Å². The zero-order valence-electron chi connectivity index (χ0n) is 10.8. The number of nitrogen functional groups attached to an aromatic ring is 1. The predicted octanol–water partition coefficient (Wildman–Crippen LogP) is 2.83. The summed E-state index contributed by atoms with van der Waals surface area (Å²) >= 11 is 0. The number of methoxy groups -OCH3 is 1. The van der Waals surface area contributed by atoms with Crippen LogP contribution in [-0.2, 0) is 12.8 Å². The van der Waals surface area contributed by atoms with Crippen molar-refractivity contribution in [2.24, 2.45) is 0 Å². The number of aryl methyl sites for hydroxylation is 1. The van der Waals surface area contributed by atoms with Crippen LogP contribution >= 0.6 is 0 Å². The molecule has 0 saturated carbocycles. The molecule has 2 N–H and O–H groups in total. The number of benzene rings is 1. The lowest BCUT2D eigenvalue weighted by Crippen LogP contribution is -1.97. The zero-order valence-corrected chi connectivity index (χ0v) is 10.8. The van der Waals surface area contributed by atoms with E-state index in [1.165, 1.54) is 5.56 Å². The van der Waals surface area contributed by atoms with Gasteiger partial charge in [-0.2, -0.15) is 0 Å². The van der Waals surface area contributed by atoms with E-state index in [1.54, 1.807) is 7.11 Å². The molecule has 1 aromatic carbocycles. The molecule has 0 fully saturated rings. The van der Waals surface area contributed by atoms with Crippen LogP contribution in [0.1, 0.15) is 23.7 Å². The van der Waals surface area contributed by atoms with Crippen molar-refractivity contribution in [2.75, 3.05) is 12.8 Å². The fraction of sp³-hybridized carbons (Fsp3) is 0.267. The van der Waals surface area contributed by atoms with Crippen molar-refractivity contribution in [3.8, 4) is 5.75 Å². The summed E-state index contributed by atoms with van der Waals surface area (Å²) in [6.07, 6.45) is 3.74. The maximum atomic E-state index is 5.89. The first-order valence-electron chi connectivity index (χ1n) is 6.09. The summed E-state index contributed by atoms with van der Waals surface area (Å²) in [5.41, 5.74) is 10.0. The molecule has 0 amide bonds. The molecule has 1 heterocycles. The van der Waals surface area contributed by atoms with Crippen LogP contribution in [0.5, 0.6) is 5.75 Å². The molecular formula is C15H18N2O. The molecule has 18 heavy (non-hydrogen) atoms. The van der Waals surface area contributed by atoms with Gasteiger partial charge in [0.15, 0.2) is 0 Å². The minimum Gasteiger partial charge on any atom is -0.495 e. The summed E-state index contributed by atoms with van der Waals surface area (Å²) in [5.74, 6) is 0.716. The van der Waals surface area contributed by atoms with E-state index in [0.29, 0.717) is 11.4 Å². The van der Waals surface area contributed by atoms with E-state index in [2.05, 4.69) is 24.0 Å². The molecule has 0 radical (unpaired) electrons. The number of pyridine rings is 1. The minimum absolute atomic E-state index is 0.667. The maximum Gasteiger partial charge on any atom is 0.141 e. The van der Waals surface area contributed by atoms with Crippen molar-refractivity contribution in [1.29, 1.82) is 0 Å². The molecular weight excluding hydrogens is 224 g/mol. The number of aromatic nitrogens is 1. The summed E-state index contributed by atoms with van der Waals surface area (Å²) < 4.78 is 5.14. The number of hydrogen-bond donors (Lipinski definition) is 1. The van der Waals surface area contributed by atoms with E-state index in [1.807, 2.05) is 24.4 Å². The SMILES string of the molecule is CCc1ccc(Cc2ccc(OC)c(N)c2)nc1. The largest absolute Gasteiger partial charge is 0.495 e. The summed E-state index contributed by atoms with van der Waals surface area (Å²) in [6.45, 7) is 2.13. The van der Waals surface area contributed by atoms with Gasteiger partial charge in [-0.3, -0.25) is 4.98 Å². The number of nitrogens with two attached hydrogens (primary N) is 1. The van der Waals surface area contributed by atoms with Gasteiger partial charge in [0, 0.05) is 18.3 Å². The number of ether oxygens (including phenoxy) is 1. The number of rotatable bonds is 4. The van der Waals surface area contributed by atoms with Gasteiger partial charge in [-0.15, -0.1) is 0 Å². The van der Waals surface area contributed by atoms with Crippen LogP contribution in [0.4, 0.5) is 5.69 Å². The highest BCUT2D eigenvalue weighted by Gasteiger charge is 2.02. The van der Waals surface area contributed by atoms with Crippen LogP contribution in [0.2, 0.25) is 0 Å². The standard InChI is InChI=1S/C15H18N2O/c1-3-11-4-6-13(17-10-11)8-12-5-7-15(18-2)14(16)9-12/h4-7,9-10H,3,8,16H2,1-2H3. The topological polar surface area (TPSA) is 48.1 Å². The third-order valence-electron chi connectivity index (χ3n) is 2.97. The molecule has 0 saturated heterocycles. The van der Waals surface area contributed by atoms with Crippen molar-refractivity contribution in [3.63, 3.8) is 0 Å². The highest BCUT2D eigenvalue weighted by Crippen LogP contribution is 2.23. The summed E-state index contributed by atoms with van der Waals surface area (Å²) in [4.78, 5) is 4.44. The highest BCUT2D eigenvalue weighted by atomic mass is 16.5. The third-order valence-corrected chi connectivity index (χ3v) is 2.97. The van der Waals surface area contributed by atoms with Crippen molar-refractivity contribution in [1.82, 2.24) is 4.98 Å². The predicted molar refractivity (Wildman–Crippen MR) is 73.8 cm³/mol. The Labute approximate surface area is 108 Å². The van der Waals surface area contributed by atoms with E-state index in [9.17, 15) is 0 Å². The van der Waals surface area contributed by atoms with Crippen LogP contribution in [0, 0.1) is 0 Å². The van der Waals surface area contributed by atoms with E-state index >= 15 is 0 Å². The molecule has 0 aliphatic rings. The Morgan fingerprint density at radius 2 is 1.94 bits per heavy atom. The van der Waals surface area contributed by atoms with Crippen LogP contribution < -0.4 is 10.5 Å². The second-order valence-corrected chi connectivity index (χ2v) is 4.26. The van der Waals surface area contributed by atoms with Gasteiger partial charge in [-0.05, 0) is 35.7 Å². The van der Waals surface area contributed by atoms with Crippen molar-refractivity contribution in [2.45, 2.75) is 19.8 Å². The minimum atomic E-state index is 0.667. The molecule has 3 heteroatoms. The Kier molecular flexibility index (Phi) is 3.82. The van der Waals surface area contributed by atoms with Gasteiger partial charge in [-0.25, -0.2) is 0 Å². The summed E-state index contributed by atoms with van der Waals surface area (Å²) in [7, 11) is 1.62. The molecule has 94 valence electrons. The quantitative estimate of drug-likeness (QED) is 0.839. The van der Waals surface area contributed by atoms with Crippen LogP contribution in [0.3, 0.4) is 0 Å². The number of nitrogens with zero attached hydrogens (tertiary/aromatic N) is 1. The Bertz CT molecular complexity index is 521. The van der Waals surface area contributed by atoms with Gasteiger partial charge in [0.2, 0.25) is 0 Å². The van der Waals surface area contributed by atoms with Crippen molar-refractivity contribution in [3.05, 3.63) is 53.3 Å². The molecule has 0 unspecified atom stereocenters. The number of hydrogen-bond acceptors (Lipinski definition) is 3. The lowest BCUT2D eigenvalue weighted by molar-refractivity contribution is 0.417. The van der Waals surface area contributed by atoms with Gasteiger partial charge in [0.1, 0.15) is 5.75 Å². The smallest absolute Gasteiger partial charge is 0.141 e. The Hall–Kier alpha value is -2.03. The first-order chi connectivity index (χ1) is 8.72. The molecule has 0 aliphatic carbocycles. The van der Waals surface area contributed by atoms with Gasteiger partial charge in [-0.1, -0.05) is 19.1 Å². The molecule has 0 spiro atoms. The average Bonchev–Trinajstić information content (AvgIpc) is 2.40. The van der Waals surface area contributed by atoms with E-state index in [0.717, 1.165) is 24.1 Å². The van der Waals surface area contributed by atoms with E-state index in [4.69, 9.17) is 10.5 Å². The van der Waals surface area contributed by atoms with E-state index in [-0.39, 0.29) is 0 Å². The second kappa shape index (κ2) is 5.54.